The minimum absolute atomic E-state index is 0.0664. The average Bonchev–Trinajstić information content (AvgIpc) is 2.74. The van der Waals surface area contributed by atoms with Gasteiger partial charge in [0.05, 0.1) is 11.8 Å². The molecule has 5 nitrogen and oxygen atoms in total. The van der Waals surface area contributed by atoms with Crippen LogP contribution in [0.4, 0.5) is 0 Å². The zero-order valence-electron chi connectivity index (χ0n) is 11.9. The van der Waals surface area contributed by atoms with Gasteiger partial charge in [0.1, 0.15) is 5.69 Å². The summed E-state index contributed by atoms with van der Waals surface area (Å²) in [6.07, 6.45) is 3.04. The smallest absolute Gasteiger partial charge is 0.269 e. The number of aryl methyl sites for hydroxylation is 1. The molecule has 0 radical (unpaired) electrons. The summed E-state index contributed by atoms with van der Waals surface area (Å²) in [4.78, 5) is 12.2. The molecule has 1 aromatic heterocycles. The number of rotatable bonds is 3. The number of nitrogens with zero attached hydrogens (tertiary/aromatic N) is 2. The highest BCUT2D eigenvalue weighted by Crippen LogP contribution is 2.19. The van der Waals surface area contributed by atoms with Crippen molar-refractivity contribution in [3.63, 3.8) is 0 Å². The number of aliphatic hydroxyl groups is 1. The number of aromatic nitrogens is 2. The molecule has 0 saturated heterocycles. The number of carbonyl (C=O) groups excluding carboxylic acids is 1. The van der Waals surface area contributed by atoms with Crippen LogP contribution in [0.25, 0.3) is 0 Å². The molecule has 0 aromatic carbocycles. The first kappa shape index (κ1) is 14.1. The molecule has 1 aliphatic carbocycles. The predicted molar refractivity (Wildman–Crippen MR) is 73.0 cm³/mol. The number of aliphatic hydroxyl groups excluding tert-OH is 1. The second kappa shape index (κ2) is 5.74. The topological polar surface area (TPSA) is 67.2 Å². The summed E-state index contributed by atoms with van der Waals surface area (Å²) < 4.78 is 1.64. The Morgan fingerprint density at radius 3 is 2.58 bits per heavy atom. The second-order valence-corrected chi connectivity index (χ2v) is 5.71. The fourth-order valence-corrected chi connectivity index (χ4v) is 2.46. The van der Waals surface area contributed by atoms with Gasteiger partial charge in [-0.2, -0.15) is 5.10 Å². The van der Waals surface area contributed by atoms with Crippen molar-refractivity contribution in [2.45, 2.75) is 57.6 Å². The SMILES string of the molecule is CC(C)c1cc(C(=O)NC2CCC(O)CC2)n(C)n1. The Kier molecular flexibility index (Phi) is 4.24. The van der Waals surface area contributed by atoms with Crippen molar-refractivity contribution >= 4 is 5.91 Å². The Labute approximate surface area is 114 Å². The van der Waals surface area contributed by atoms with Crippen LogP contribution in [-0.2, 0) is 7.05 Å². The van der Waals surface area contributed by atoms with Gasteiger partial charge in [-0.3, -0.25) is 9.48 Å². The fraction of sp³-hybridized carbons (Fsp3) is 0.714. The molecule has 106 valence electrons. The number of carbonyl (C=O) groups is 1. The third kappa shape index (κ3) is 3.35. The molecule has 1 saturated carbocycles. The van der Waals surface area contributed by atoms with Gasteiger partial charge in [0, 0.05) is 13.1 Å². The Hall–Kier alpha value is -1.36. The lowest BCUT2D eigenvalue weighted by molar-refractivity contribution is 0.0859. The van der Waals surface area contributed by atoms with E-state index in [1.165, 1.54) is 0 Å². The molecule has 1 aromatic rings. The predicted octanol–water partition coefficient (Wildman–Crippen LogP) is 1.58. The lowest BCUT2D eigenvalue weighted by Gasteiger charge is -2.26. The third-order valence-electron chi connectivity index (χ3n) is 3.75. The van der Waals surface area contributed by atoms with Crippen molar-refractivity contribution in [2.75, 3.05) is 0 Å². The summed E-state index contributed by atoms with van der Waals surface area (Å²) in [6.45, 7) is 4.12. The molecule has 1 fully saturated rings. The van der Waals surface area contributed by atoms with E-state index >= 15 is 0 Å². The van der Waals surface area contributed by atoms with E-state index in [1.807, 2.05) is 6.07 Å². The molecule has 2 rings (SSSR count). The van der Waals surface area contributed by atoms with Crippen LogP contribution in [0, 0.1) is 0 Å². The lowest BCUT2D eigenvalue weighted by Crippen LogP contribution is -2.39. The van der Waals surface area contributed by atoms with E-state index in [9.17, 15) is 9.90 Å². The van der Waals surface area contributed by atoms with Crippen LogP contribution in [0.2, 0.25) is 0 Å². The van der Waals surface area contributed by atoms with Gasteiger partial charge in [-0.1, -0.05) is 13.8 Å². The highest BCUT2D eigenvalue weighted by atomic mass is 16.3. The Balaban J connectivity index is 2.00. The van der Waals surface area contributed by atoms with Crippen LogP contribution < -0.4 is 5.32 Å². The fourth-order valence-electron chi connectivity index (χ4n) is 2.46. The molecule has 19 heavy (non-hydrogen) atoms. The van der Waals surface area contributed by atoms with Gasteiger partial charge in [-0.15, -0.1) is 0 Å². The number of hydrogen-bond donors (Lipinski definition) is 2. The van der Waals surface area contributed by atoms with Gasteiger partial charge in [0.15, 0.2) is 0 Å². The lowest BCUT2D eigenvalue weighted by atomic mass is 9.93. The summed E-state index contributed by atoms with van der Waals surface area (Å²) in [7, 11) is 1.80. The molecular formula is C14H23N3O2. The van der Waals surface area contributed by atoms with Crippen LogP contribution in [0.3, 0.4) is 0 Å². The van der Waals surface area contributed by atoms with Crippen molar-refractivity contribution < 1.29 is 9.90 Å². The van der Waals surface area contributed by atoms with Crippen molar-refractivity contribution in [1.82, 2.24) is 15.1 Å². The molecule has 1 aliphatic rings. The molecule has 0 bridgehead atoms. The van der Waals surface area contributed by atoms with Gasteiger partial charge in [0.25, 0.3) is 5.91 Å². The number of amides is 1. The summed E-state index contributed by atoms with van der Waals surface area (Å²) in [5, 5.41) is 16.8. The maximum atomic E-state index is 12.2. The summed E-state index contributed by atoms with van der Waals surface area (Å²) in [5.74, 6) is 0.251. The maximum Gasteiger partial charge on any atom is 0.269 e. The zero-order chi connectivity index (χ0) is 14.0. The minimum atomic E-state index is -0.197. The Bertz CT molecular complexity index is 446. The van der Waals surface area contributed by atoms with Gasteiger partial charge >= 0.3 is 0 Å². The molecule has 2 N–H and O–H groups in total. The molecular weight excluding hydrogens is 242 g/mol. The van der Waals surface area contributed by atoms with Crippen LogP contribution >= 0.6 is 0 Å². The van der Waals surface area contributed by atoms with E-state index in [2.05, 4.69) is 24.3 Å². The Morgan fingerprint density at radius 1 is 1.42 bits per heavy atom. The van der Waals surface area contributed by atoms with E-state index < -0.39 is 0 Å². The number of hydrogen-bond acceptors (Lipinski definition) is 3. The van der Waals surface area contributed by atoms with Crippen molar-refractivity contribution in [1.29, 1.82) is 0 Å². The van der Waals surface area contributed by atoms with E-state index in [-0.39, 0.29) is 18.1 Å². The van der Waals surface area contributed by atoms with Crippen LogP contribution in [0.1, 0.15) is 61.6 Å². The van der Waals surface area contributed by atoms with Gasteiger partial charge in [0.2, 0.25) is 0 Å². The molecule has 1 heterocycles. The Morgan fingerprint density at radius 2 is 2.05 bits per heavy atom. The van der Waals surface area contributed by atoms with Crippen molar-refractivity contribution in [2.24, 2.45) is 7.05 Å². The summed E-state index contributed by atoms with van der Waals surface area (Å²) in [5.41, 5.74) is 1.54. The average molecular weight is 265 g/mol. The largest absolute Gasteiger partial charge is 0.393 e. The first-order valence-electron chi connectivity index (χ1n) is 7.00. The third-order valence-corrected chi connectivity index (χ3v) is 3.75. The first-order valence-corrected chi connectivity index (χ1v) is 7.00. The quantitative estimate of drug-likeness (QED) is 0.872. The maximum absolute atomic E-state index is 12.2. The zero-order valence-corrected chi connectivity index (χ0v) is 11.9. The highest BCUT2D eigenvalue weighted by molar-refractivity contribution is 5.92. The second-order valence-electron chi connectivity index (χ2n) is 5.71. The molecule has 5 heteroatoms. The van der Waals surface area contributed by atoms with Crippen molar-refractivity contribution in [3.05, 3.63) is 17.5 Å². The monoisotopic (exact) mass is 265 g/mol. The van der Waals surface area contributed by atoms with Crippen LogP contribution in [0.15, 0.2) is 6.07 Å². The van der Waals surface area contributed by atoms with Crippen LogP contribution in [-0.4, -0.2) is 32.9 Å². The van der Waals surface area contributed by atoms with Gasteiger partial charge in [-0.25, -0.2) is 0 Å². The summed E-state index contributed by atoms with van der Waals surface area (Å²) >= 11 is 0. The van der Waals surface area contributed by atoms with E-state index in [0.29, 0.717) is 11.6 Å². The highest BCUT2D eigenvalue weighted by Gasteiger charge is 2.23. The van der Waals surface area contributed by atoms with Gasteiger partial charge in [-0.05, 0) is 37.7 Å². The molecule has 0 atom stereocenters. The molecule has 0 spiro atoms. The first-order chi connectivity index (χ1) is 8.97. The van der Waals surface area contributed by atoms with Crippen LogP contribution in [0.5, 0.6) is 0 Å². The normalized spacial score (nSPS) is 23.6. The molecule has 0 aliphatic heterocycles. The minimum Gasteiger partial charge on any atom is -0.393 e. The van der Waals surface area contributed by atoms with E-state index in [4.69, 9.17) is 0 Å². The van der Waals surface area contributed by atoms with Crippen molar-refractivity contribution in [3.8, 4) is 0 Å². The van der Waals surface area contributed by atoms with Gasteiger partial charge < -0.3 is 10.4 Å². The molecule has 0 unspecified atom stereocenters. The standard InChI is InChI=1S/C14H23N3O2/c1-9(2)12-8-13(17(3)16-12)14(19)15-10-4-6-11(18)7-5-10/h8-11,18H,4-7H2,1-3H3,(H,15,19). The van der Waals surface area contributed by atoms with E-state index in [1.54, 1.807) is 11.7 Å². The number of nitrogens with one attached hydrogen (secondary N) is 1. The molecule has 1 amide bonds. The van der Waals surface area contributed by atoms with E-state index in [0.717, 1.165) is 31.4 Å². The summed E-state index contributed by atoms with van der Waals surface area (Å²) in [6, 6.07) is 2.03.